The number of hydrogen-bond donors (Lipinski definition) is 1. The summed E-state index contributed by atoms with van der Waals surface area (Å²) in [6.07, 6.45) is 1.60. The lowest BCUT2D eigenvalue weighted by atomic mass is 9.91. The molecule has 0 spiro atoms. The van der Waals surface area contributed by atoms with Crippen molar-refractivity contribution in [1.82, 2.24) is 4.90 Å². The Hall–Kier alpha value is -3.32. The van der Waals surface area contributed by atoms with Crippen molar-refractivity contribution in [3.05, 3.63) is 64.2 Å². The normalized spacial score (nSPS) is 21.4. The monoisotopic (exact) mass is 493 g/mol. The fraction of sp³-hybridized carbons (Fsp3) is 0.448. The first-order chi connectivity index (χ1) is 17.3. The highest BCUT2D eigenvalue weighted by molar-refractivity contribution is 6.46. The maximum Gasteiger partial charge on any atom is 0.295 e. The van der Waals surface area contributed by atoms with Gasteiger partial charge < -0.3 is 24.2 Å². The number of amides is 1. The summed E-state index contributed by atoms with van der Waals surface area (Å²) >= 11 is 0. The number of Topliss-reactive ketones (excluding diaryl/α,β-unsaturated/α-hetero) is 1. The number of likely N-dealkylation sites (tertiary alicyclic amines) is 1. The van der Waals surface area contributed by atoms with Crippen LogP contribution < -0.4 is 9.47 Å². The SMILES string of the molecule is CCOc1cccc(C2/C(=C(\O)c3cc(C(C)C)c(OC)cc3C)C(=O)C(=O)N2CC2CCCO2)c1. The van der Waals surface area contributed by atoms with Gasteiger partial charge >= 0.3 is 0 Å². The van der Waals surface area contributed by atoms with Crippen molar-refractivity contribution in [2.75, 3.05) is 26.9 Å². The van der Waals surface area contributed by atoms with Crippen molar-refractivity contribution in [2.24, 2.45) is 0 Å². The van der Waals surface area contributed by atoms with Crippen LogP contribution in [-0.2, 0) is 14.3 Å². The highest BCUT2D eigenvalue weighted by Crippen LogP contribution is 2.42. The van der Waals surface area contributed by atoms with E-state index < -0.39 is 17.7 Å². The van der Waals surface area contributed by atoms with Gasteiger partial charge in [-0.2, -0.15) is 0 Å². The fourth-order valence-corrected chi connectivity index (χ4v) is 5.09. The van der Waals surface area contributed by atoms with Gasteiger partial charge in [0.25, 0.3) is 11.7 Å². The molecule has 2 fully saturated rings. The van der Waals surface area contributed by atoms with E-state index in [-0.39, 0.29) is 29.9 Å². The van der Waals surface area contributed by atoms with Crippen molar-refractivity contribution in [3.8, 4) is 11.5 Å². The predicted molar refractivity (Wildman–Crippen MR) is 137 cm³/mol. The minimum atomic E-state index is -0.751. The Kier molecular flexibility index (Phi) is 7.69. The molecule has 4 rings (SSSR count). The molecule has 1 amide bonds. The average molecular weight is 494 g/mol. The molecule has 1 N–H and O–H groups in total. The zero-order chi connectivity index (χ0) is 26.0. The van der Waals surface area contributed by atoms with E-state index in [2.05, 4.69) is 0 Å². The van der Waals surface area contributed by atoms with E-state index in [0.717, 1.165) is 29.7 Å². The third-order valence-corrected chi connectivity index (χ3v) is 6.90. The number of benzene rings is 2. The molecule has 36 heavy (non-hydrogen) atoms. The molecular formula is C29H35NO6. The Labute approximate surface area is 212 Å². The Morgan fingerprint density at radius 3 is 2.64 bits per heavy atom. The van der Waals surface area contributed by atoms with Crippen molar-refractivity contribution in [1.29, 1.82) is 0 Å². The third kappa shape index (κ3) is 4.85. The standard InChI is InChI=1S/C29H35NO6/c1-6-35-20-10-7-9-19(14-20)26-25(28(32)29(33)30(26)16-21-11-8-12-36-21)27(31)23-15-22(17(2)3)24(34-5)13-18(23)4/h7,9-10,13-15,17,21,26,31H,6,8,11-12,16H2,1-5H3/b27-25+. The third-order valence-electron chi connectivity index (χ3n) is 6.90. The number of carbonyl (C=O) groups is 2. The maximum absolute atomic E-state index is 13.4. The summed E-state index contributed by atoms with van der Waals surface area (Å²) in [5.41, 5.74) is 2.96. The molecule has 2 aliphatic heterocycles. The molecule has 0 radical (unpaired) electrons. The van der Waals surface area contributed by atoms with Gasteiger partial charge in [-0.05, 0) is 73.6 Å². The van der Waals surface area contributed by atoms with Crippen LogP contribution in [0.15, 0.2) is 42.0 Å². The van der Waals surface area contributed by atoms with E-state index in [9.17, 15) is 14.7 Å². The summed E-state index contributed by atoms with van der Waals surface area (Å²) < 4.78 is 17.0. The van der Waals surface area contributed by atoms with E-state index in [1.807, 2.05) is 64.1 Å². The second-order valence-electron chi connectivity index (χ2n) is 9.66. The molecule has 7 nitrogen and oxygen atoms in total. The lowest BCUT2D eigenvalue weighted by Crippen LogP contribution is -2.36. The lowest BCUT2D eigenvalue weighted by molar-refractivity contribution is -0.140. The topological polar surface area (TPSA) is 85.3 Å². The summed E-state index contributed by atoms with van der Waals surface area (Å²) in [7, 11) is 1.61. The van der Waals surface area contributed by atoms with Crippen molar-refractivity contribution in [2.45, 2.75) is 58.6 Å². The molecule has 0 bridgehead atoms. The van der Waals surface area contributed by atoms with Crippen molar-refractivity contribution < 1.29 is 28.9 Å². The molecular weight excluding hydrogens is 458 g/mol. The van der Waals surface area contributed by atoms with Gasteiger partial charge in [-0.1, -0.05) is 26.0 Å². The summed E-state index contributed by atoms with van der Waals surface area (Å²) in [5, 5.41) is 11.6. The van der Waals surface area contributed by atoms with Crippen LogP contribution in [-0.4, -0.2) is 54.7 Å². The van der Waals surface area contributed by atoms with Gasteiger partial charge in [-0.15, -0.1) is 0 Å². The van der Waals surface area contributed by atoms with Gasteiger partial charge in [0.05, 0.1) is 31.4 Å². The fourth-order valence-electron chi connectivity index (χ4n) is 5.09. The van der Waals surface area contributed by atoms with Crippen LogP contribution in [0.5, 0.6) is 11.5 Å². The van der Waals surface area contributed by atoms with E-state index >= 15 is 0 Å². The first-order valence-electron chi connectivity index (χ1n) is 12.6. The average Bonchev–Trinajstić information content (AvgIpc) is 3.46. The number of ketones is 1. The van der Waals surface area contributed by atoms with Crippen LogP contribution in [0.25, 0.3) is 5.76 Å². The van der Waals surface area contributed by atoms with Gasteiger partial charge in [0.2, 0.25) is 0 Å². The number of methoxy groups -OCH3 is 1. The number of rotatable bonds is 8. The first-order valence-corrected chi connectivity index (χ1v) is 12.6. The molecule has 2 aromatic rings. The smallest absolute Gasteiger partial charge is 0.295 e. The van der Waals surface area contributed by atoms with Crippen LogP contribution >= 0.6 is 0 Å². The van der Waals surface area contributed by atoms with Crippen LogP contribution in [0.4, 0.5) is 0 Å². The highest BCUT2D eigenvalue weighted by atomic mass is 16.5. The molecule has 0 aliphatic carbocycles. The molecule has 0 saturated carbocycles. The van der Waals surface area contributed by atoms with Gasteiger partial charge in [0.15, 0.2) is 0 Å². The minimum absolute atomic E-state index is 0.0784. The van der Waals surface area contributed by atoms with E-state index in [4.69, 9.17) is 14.2 Å². The number of nitrogens with zero attached hydrogens (tertiary/aromatic N) is 1. The Balaban J connectivity index is 1.89. The number of hydrogen-bond acceptors (Lipinski definition) is 6. The van der Waals surface area contributed by atoms with Crippen molar-refractivity contribution >= 4 is 17.4 Å². The molecule has 0 aromatic heterocycles. The number of aliphatic hydroxyl groups excluding tert-OH is 1. The Bertz CT molecular complexity index is 1180. The van der Waals surface area contributed by atoms with Crippen molar-refractivity contribution in [3.63, 3.8) is 0 Å². The first kappa shape index (κ1) is 25.8. The molecule has 2 saturated heterocycles. The molecule has 2 heterocycles. The summed E-state index contributed by atoms with van der Waals surface area (Å²) in [6, 6.07) is 10.3. The Morgan fingerprint density at radius 1 is 1.22 bits per heavy atom. The van der Waals surface area contributed by atoms with Gasteiger partial charge in [0, 0.05) is 18.7 Å². The van der Waals surface area contributed by atoms with Gasteiger partial charge in [-0.25, -0.2) is 0 Å². The molecule has 192 valence electrons. The van der Waals surface area contributed by atoms with Crippen LogP contribution in [0.3, 0.4) is 0 Å². The quantitative estimate of drug-likeness (QED) is 0.312. The zero-order valence-corrected chi connectivity index (χ0v) is 21.7. The predicted octanol–water partition coefficient (Wildman–Crippen LogP) is 5.13. The van der Waals surface area contributed by atoms with Crippen LogP contribution in [0, 0.1) is 6.92 Å². The van der Waals surface area contributed by atoms with E-state index in [1.165, 1.54) is 4.90 Å². The van der Waals surface area contributed by atoms with E-state index in [1.54, 1.807) is 7.11 Å². The van der Waals surface area contributed by atoms with Crippen LogP contribution in [0.2, 0.25) is 0 Å². The molecule has 2 atom stereocenters. The summed E-state index contributed by atoms with van der Waals surface area (Å²) in [5.74, 6) is -0.0169. The summed E-state index contributed by atoms with van der Waals surface area (Å²) in [6.45, 7) is 9.24. The minimum Gasteiger partial charge on any atom is -0.507 e. The number of carbonyl (C=O) groups excluding carboxylic acids is 2. The van der Waals surface area contributed by atoms with Crippen LogP contribution in [0.1, 0.15) is 67.8 Å². The molecule has 2 aliphatic rings. The molecule has 7 heteroatoms. The largest absolute Gasteiger partial charge is 0.507 e. The Morgan fingerprint density at radius 2 is 2.00 bits per heavy atom. The lowest BCUT2D eigenvalue weighted by Gasteiger charge is -2.28. The zero-order valence-electron chi connectivity index (χ0n) is 21.7. The second-order valence-corrected chi connectivity index (χ2v) is 9.66. The number of aliphatic hydroxyl groups is 1. The maximum atomic E-state index is 13.4. The second kappa shape index (κ2) is 10.7. The molecule has 2 unspecified atom stereocenters. The van der Waals surface area contributed by atoms with E-state index in [0.29, 0.717) is 30.1 Å². The van der Waals surface area contributed by atoms with Gasteiger partial charge in [-0.3, -0.25) is 9.59 Å². The highest BCUT2D eigenvalue weighted by Gasteiger charge is 2.47. The van der Waals surface area contributed by atoms with Gasteiger partial charge in [0.1, 0.15) is 17.3 Å². The number of aryl methyl sites for hydroxylation is 1. The molecule has 2 aromatic carbocycles. The summed E-state index contributed by atoms with van der Waals surface area (Å²) in [4.78, 5) is 28.3. The number of ether oxygens (including phenoxy) is 3.